The molecule has 1 heteroatoms. The molecule has 0 aromatic carbocycles. The highest BCUT2D eigenvalue weighted by Gasteiger charge is 1.87. The van der Waals surface area contributed by atoms with Crippen molar-refractivity contribution in [3.63, 3.8) is 0 Å². The van der Waals surface area contributed by atoms with Gasteiger partial charge < -0.3 is 4.74 Å². The first-order chi connectivity index (χ1) is 6.91. The zero-order valence-corrected chi connectivity index (χ0v) is 9.64. The van der Waals surface area contributed by atoms with Crippen LogP contribution < -0.4 is 0 Å². The molecule has 0 amide bonds. The largest absolute Gasteiger partial charge is 0.439 e. The molecule has 0 N–H and O–H groups in total. The maximum atomic E-state index is 5.07. The third-order valence-corrected chi connectivity index (χ3v) is 2.05. The highest BCUT2D eigenvalue weighted by molar-refractivity contribution is 4.91. The molecule has 0 rings (SSSR count). The number of hydrogen-bond donors (Lipinski definition) is 0. The zero-order valence-electron chi connectivity index (χ0n) is 9.64. The van der Waals surface area contributed by atoms with Crippen molar-refractivity contribution in [1.82, 2.24) is 0 Å². The summed E-state index contributed by atoms with van der Waals surface area (Å²) in [6, 6.07) is 0. The quantitative estimate of drug-likeness (QED) is 0.415. The van der Waals surface area contributed by atoms with Gasteiger partial charge in [-0.3, -0.25) is 0 Å². The van der Waals surface area contributed by atoms with Crippen molar-refractivity contribution in [2.75, 3.05) is 0 Å². The highest BCUT2D eigenvalue weighted by Crippen LogP contribution is 2.01. The first kappa shape index (κ1) is 13.4. The summed E-state index contributed by atoms with van der Waals surface area (Å²) in [5.74, 6) is 3.01. The Balaban J connectivity index is 3.02. The van der Waals surface area contributed by atoms with Crippen LogP contribution in [0.1, 0.15) is 65.2 Å². The standard InChI is InChI=1S/C13H23O/c1-3-5-7-9-11-13-14-12-10-8-6-4-2/h12H,3-10H2,1-2H3. The molecule has 0 aromatic heterocycles. The van der Waals surface area contributed by atoms with Crippen molar-refractivity contribution >= 4 is 0 Å². The van der Waals surface area contributed by atoms with Crippen molar-refractivity contribution in [1.29, 1.82) is 0 Å². The third-order valence-electron chi connectivity index (χ3n) is 2.05. The Hall–Kier alpha value is -0.640. The molecule has 0 aliphatic heterocycles. The van der Waals surface area contributed by atoms with Gasteiger partial charge in [0.1, 0.15) is 12.7 Å². The lowest BCUT2D eigenvalue weighted by molar-refractivity contribution is 0.346. The molecule has 1 nitrogen and oxygen atoms in total. The minimum atomic E-state index is 0.969. The van der Waals surface area contributed by atoms with Gasteiger partial charge in [0.2, 0.25) is 0 Å². The molecular weight excluding hydrogens is 172 g/mol. The lowest BCUT2D eigenvalue weighted by Gasteiger charge is -1.95. The normalized spacial score (nSPS) is 9.29. The monoisotopic (exact) mass is 195 g/mol. The summed E-state index contributed by atoms with van der Waals surface area (Å²) in [7, 11) is 0. The van der Waals surface area contributed by atoms with E-state index in [4.69, 9.17) is 4.74 Å². The number of ether oxygens (including phenoxy) is 1. The first-order valence-corrected chi connectivity index (χ1v) is 5.87. The Labute approximate surface area is 89.2 Å². The zero-order chi connectivity index (χ0) is 10.5. The molecule has 0 fully saturated rings. The Morgan fingerprint density at radius 1 is 1.00 bits per heavy atom. The average Bonchev–Trinajstić information content (AvgIpc) is 2.21. The van der Waals surface area contributed by atoms with Crippen LogP contribution >= 0.6 is 0 Å². The Morgan fingerprint density at radius 3 is 2.43 bits per heavy atom. The van der Waals surface area contributed by atoms with Gasteiger partial charge >= 0.3 is 0 Å². The summed E-state index contributed by atoms with van der Waals surface area (Å²) >= 11 is 0. The van der Waals surface area contributed by atoms with E-state index in [1.54, 1.807) is 0 Å². The molecule has 0 aromatic rings. The molecule has 0 spiro atoms. The lowest BCUT2D eigenvalue weighted by atomic mass is 10.2. The van der Waals surface area contributed by atoms with Gasteiger partial charge in [-0.25, -0.2) is 0 Å². The predicted octanol–water partition coefficient (Wildman–Crippen LogP) is 4.29. The summed E-state index contributed by atoms with van der Waals surface area (Å²) in [5, 5.41) is 0. The number of rotatable bonds is 8. The van der Waals surface area contributed by atoms with Gasteiger partial charge in [-0.2, -0.15) is 0 Å². The van der Waals surface area contributed by atoms with Crippen molar-refractivity contribution in [2.45, 2.75) is 65.2 Å². The topological polar surface area (TPSA) is 9.23 Å². The van der Waals surface area contributed by atoms with Gasteiger partial charge in [0.05, 0.1) is 0 Å². The summed E-state index contributed by atoms with van der Waals surface area (Å²) in [6.45, 7) is 6.22. The van der Waals surface area contributed by atoms with Crippen molar-refractivity contribution in [3.05, 3.63) is 6.61 Å². The molecule has 0 aliphatic carbocycles. The smallest absolute Gasteiger partial charge is 0.148 e. The Bertz CT molecular complexity index is 152. The van der Waals surface area contributed by atoms with E-state index in [0.717, 1.165) is 12.8 Å². The maximum absolute atomic E-state index is 5.07. The molecule has 0 unspecified atom stereocenters. The fraction of sp³-hybridized carbons (Fsp3) is 0.769. The summed E-state index contributed by atoms with van der Waals surface area (Å²) in [5.41, 5.74) is 0. The Morgan fingerprint density at radius 2 is 1.71 bits per heavy atom. The van der Waals surface area contributed by atoms with Gasteiger partial charge in [-0.15, -0.1) is 0 Å². The van der Waals surface area contributed by atoms with E-state index in [1.807, 2.05) is 6.61 Å². The van der Waals surface area contributed by atoms with Crippen LogP contribution in [0.25, 0.3) is 0 Å². The molecule has 0 bridgehead atoms. The number of hydrogen-bond acceptors (Lipinski definition) is 1. The molecule has 0 saturated heterocycles. The van der Waals surface area contributed by atoms with Crippen LogP contribution in [0.3, 0.4) is 0 Å². The third kappa shape index (κ3) is 11.4. The van der Waals surface area contributed by atoms with Gasteiger partial charge in [0.25, 0.3) is 0 Å². The SMILES string of the molecule is CCCCCC#CO[CH]CCCCC. The van der Waals surface area contributed by atoms with Crippen LogP contribution in [-0.4, -0.2) is 0 Å². The fourth-order valence-electron chi connectivity index (χ4n) is 1.13. The van der Waals surface area contributed by atoms with Crippen LogP contribution in [0.4, 0.5) is 0 Å². The predicted molar refractivity (Wildman–Crippen MR) is 61.4 cm³/mol. The second-order valence-corrected chi connectivity index (χ2v) is 3.52. The average molecular weight is 195 g/mol. The van der Waals surface area contributed by atoms with Gasteiger partial charge in [0, 0.05) is 6.42 Å². The van der Waals surface area contributed by atoms with E-state index < -0.39 is 0 Å². The van der Waals surface area contributed by atoms with E-state index in [0.29, 0.717) is 0 Å². The van der Waals surface area contributed by atoms with Crippen molar-refractivity contribution in [2.24, 2.45) is 0 Å². The van der Waals surface area contributed by atoms with E-state index in [2.05, 4.69) is 25.9 Å². The van der Waals surface area contributed by atoms with Crippen molar-refractivity contribution < 1.29 is 4.74 Å². The number of unbranched alkanes of at least 4 members (excludes halogenated alkanes) is 6. The molecule has 14 heavy (non-hydrogen) atoms. The van der Waals surface area contributed by atoms with Crippen LogP contribution in [0.5, 0.6) is 0 Å². The van der Waals surface area contributed by atoms with Gasteiger partial charge in [-0.1, -0.05) is 45.5 Å². The van der Waals surface area contributed by atoms with E-state index in [-0.39, 0.29) is 0 Å². The summed E-state index contributed by atoms with van der Waals surface area (Å²) in [4.78, 5) is 0. The second kappa shape index (κ2) is 12.4. The van der Waals surface area contributed by atoms with Crippen LogP contribution in [0.15, 0.2) is 0 Å². The molecule has 0 saturated carbocycles. The van der Waals surface area contributed by atoms with E-state index in [1.165, 1.54) is 38.5 Å². The molecule has 1 radical (unpaired) electrons. The van der Waals surface area contributed by atoms with E-state index >= 15 is 0 Å². The van der Waals surface area contributed by atoms with Crippen molar-refractivity contribution in [3.8, 4) is 12.0 Å². The fourth-order valence-corrected chi connectivity index (χ4v) is 1.13. The summed E-state index contributed by atoms with van der Waals surface area (Å²) < 4.78 is 5.07. The van der Waals surface area contributed by atoms with Gasteiger partial charge in [-0.05, 0) is 19.3 Å². The lowest BCUT2D eigenvalue weighted by Crippen LogP contribution is -1.80. The molecule has 81 valence electrons. The van der Waals surface area contributed by atoms with Gasteiger partial charge in [0.15, 0.2) is 0 Å². The minimum absolute atomic E-state index is 0.969. The first-order valence-electron chi connectivity index (χ1n) is 5.87. The second-order valence-electron chi connectivity index (χ2n) is 3.52. The van der Waals surface area contributed by atoms with E-state index in [9.17, 15) is 0 Å². The molecule has 0 aliphatic rings. The van der Waals surface area contributed by atoms with Crippen LogP contribution in [-0.2, 0) is 4.74 Å². The molecule has 0 heterocycles. The maximum Gasteiger partial charge on any atom is 0.148 e. The van der Waals surface area contributed by atoms with Crippen LogP contribution in [0.2, 0.25) is 0 Å². The molecular formula is C13H23O. The molecule has 0 atom stereocenters. The highest BCUT2D eigenvalue weighted by atomic mass is 16.5. The minimum Gasteiger partial charge on any atom is -0.439 e. The van der Waals surface area contributed by atoms with Crippen LogP contribution in [0, 0.1) is 18.6 Å². The Kier molecular flexibility index (Phi) is 11.8. The summed E-state index contributed by atoms with van der Waals surface area (Å²) in [6.07, 6.45) is 12.2.